The fourth-order valence-electron chi connectivity index (χ4n) is 3.11. The van der Waals surface area contributed by atoms with Crippen LogP contribution in [-0.4, -0.2) is 25.0 Å². The second-order valence-corrected chi connectivity index (χ2v) is 10.6. The fraction of sp³-hybridized carbons (Fsp3) is 0.333. The SMILES string of the molecule is O=S(=O)(NN1NC=C2SC=c3sc(Cl)cc3=C21)C1C=C(C(F)(F)F)CCC1. The third-order valence-electron chi connectivity index (χ3n) is 4.36. The molecular weight excluding hydrogens is 443 g/mol. The minimum Gasteiger partial charge on any atom is -0.289 e. The van der Waals surface area contributed by atoms with Crippen molar-refractivity contribution in [1.82, 2.24) is 15.4 Å². The average Bonchev–Trinajstić information content (AvgIpc) is 3.16. The molecule has 2 N–H and O–H groups in total. The predicted octanol–water partition coefficient (Wildman–Crippen LogP) is 2.53. The first kappa shape index (κ1) is 19.2. The molecule has 5 nitrogen and oxygen atoms in total. The molecule has 3 aliphatic rings. The first-order valence-electron chi connectivity index (χ1n) is 7.88. The summed E-state index contributed by atoms with van der Waals surface area (Å²) in [6, 6.07) is 1.73. The van der Waals surface area contributed by atoms with E-state index in [2.05, 4.69) is 10.3 Å². The Morgan fingerprint density at radius 2 is 2.15 bits per heavy atom. The molecule has 0 spiro atoms. The van der Waals surface area contributed by atoms with Gasteiger partial charge in [-0.1, -0.05) is 29.4 Å². The second kappa shape index (κ2) is 6.73. The standard InChI is InChI=1S/C15H13ClF3N3O2S3/c16-13-5-10-12(26-13)7-25-11-6-20-22(14(10)11)21-27(23,24)9-3-1-2-8(4-9)15(17,18)19/h4-7,9,20-21H,1-3H2. The molecule has 4 rings (SSSR count). The minimum atomic E-state index is -4.51. The molecule has 0 saturated carbocycles. The van der Waals surface area contributed by atoms with Crippen LogP contribution in [0.5, 0.6) is 0 Å². The monoisotopic (exact) mass is 455 g/mol. The molecule has 1 aromatic rings. The first-order chi connectivity index (χ1) is 12.6. The van der Waals surface area contributed by atoms with Crippen LogP contribution in [-0.2, 0) is 10.0 Å². The second-order valence-electron chi connectivity index (χ2n) is 6.14. The molecule has 0 aromatic carbocycles. The van der Waals surface area contributed by atoms with Gasteiger partial charge < -0.3 is 0 Å². The molecule has 0 fully saturated rings. The van der Waals surface area contributed by atoms with Crippen molar-refractivity contribution in [2.45, 2.75) is 30.7 Å². The van der Waals surface area contributed by atoms with Crippen molar-refractivity contribution in [2.75, 3.05) is 0 Å². The first-order valence-corrected chi connectivity index (χ1v) is 11.5. The molecular formula is C15H13ClF3N3O2S3. The number of nitrogens with zero attached hydrogens (tertiary/aromatic N) is 1. The Morgan fingerprint density at radius 1 is 1.37 bits per heavy atom. The van der Waals surface area contributed by atoms with Gasteiger partial charge in [0.05, 0.1) is 14.5 Å². The lowest BCUT2D eigenvalue weighted by atomic mass is 9.99. The number of sulfonamides is 1. The number of halogens is 4. The van der Waals surface area contributed by atoms with E-state index < -0.39 is 27.0 Å². The Morgan fingerprint density at radius 3 is 2.89 bits per heavy atom. The predicted molar refractivity (Wildman–Crippen MR) is 101 cm³/mol. The maximum absolute atomic E-state index is 13.0. The van der Waals surface area contributed by atoms with Crippen molar-refractivity contribution in [3.8, 4) is 0 Å². The number of thiophene rings is 1. The lowest BCUT2D eigenvalue weighted by Crippen LogP contribution is -2.50. The highest BCUT2D eigenvalue weighted by molar-refractivity contribution is 8.10. The van der Waals surface area contributed by atoms with Gasteiger partial charge in [-0.3, -0.25) is 5.43 Å². The molecule has 0 saturated heterocycles. The number of hydrogen-bond donors (Lipinski definition) is 2. The molecule has 1 aromatic heterocycles. The summed E-state index contributed by atoms with van der Waals surface area (Å²) in [4.78, 5) is 3.16. The molecule has 0 radical (unpaired) electrons. The number of thioether (sulfide) groups is 1. The topological polar surface area (TPSA) is 61.4 Å². The number of alkyl halides is 3. The molecule has 1 aliphatic carbocycles. The van der Waals surface area contributed by atoms with Crippen LogP contribution in [0, 0.1) is 0 Å². The van der Waals surface area contributed by atoms with Gasteiger partial charge in [-0.15, -0.1) is 16.2 Å². The molecule has 0 bridgehead atoms. The smallest absolute Gasteiger partial charge is 0.289 e. The molecule has 146 valence electrons. The number of nitrogens with one attached hydrogen (secondary N) is 2. The Bertz CT molecular complexity index is 1080. The van der Waals surface area contributed by atoms with E-state index in [1.807, 2.05) is 5.41 Å². The van der Waals surface area contributed by atoms with Crippen LogP contribution < -0.4 is 20.0 Å². The molecule has 27 heavy (non-hydrogen) atoms. The lowest BCUT2D eigenvalue weighted by Gasteiger charge is -2.27. The van der Waals surface area contributed by atoms with Crippen LogP contribution in [0.2, 0.25) is 4.34 Å². The van der Waals surface area contributed by atoms with Crippen LogP contribution in [0.3, 0.4) is 0 Å². The molecule has 3 heterocycles. The quantitative estimate of drug-likeness (QED) is 0.686. The van der Waals surface area contributed by atoms with E-state index in [9.17, 15) is 21.6 Å². The van der Waals surface area contributed by atoms with Gasteiger partial charge in [-0.2, -0.15) is 13.2 Å². The van der Waals surface area contributed by atoms with Crippen LogP contribution in [0.1, 0.15) is 19.3 Å². The fourth-order valence-corrected chi connectivity index (χ4v) is 6.60. The summed E-state index contributed by atoms with van der Waals surface area (Å²) in [7, 11) is -4.07. The third kappa shape index (κ3) is 3.63. The van der Waals surface area contributed by atoms with Crippen molar-refractivity contribution in [2.24, 2.45) is 0 Å². The average molecular weight is 456 g/mol. The molecule has 0 amide bonds. The number of hydrazine groups is 2. The maximum atomic E-state index is 13.0. The summed E-state index contributed by atoms with van der Waals surface area (Å²) in [5, 5.41) is 2.66. The summed E-state index contributed by atoms with van der Waals surface area (Å²) < 4.78 is 65.8. The van der Waals surface area contributed by atoms with Gasteiger partial charge in [0.1, 0.15) is 5.70 Å². The summed E-state index contributed by atoms with van der Waals surface area (Å²) >= 11 is 8.84. The minimum absolute atomic E-state index is 0.135. The van der Waals surface area contributed by atoms with Gasteiger partial charge in [0.15, 0.2) is 0 Å². The number of hydrogen-bond acceptors (Lipinski definition) is 6. The summed E-state index contributed by atoms with van der Waals surface area (Å²) in [5.41, 5.74) is 2.60. The normalized spacial score (nSPS) is 22.4. The van der Waals surface area contributed by atoms with Gasteiger partial charge in [0.25, 0.3) is 0 Å². The zero-order valence-electron chi connectivity index (χ0n) is 13.5. The zero-order chi connectivity index (χ0) is 19.4. The van der Waals surface area contributed by atoms with Crippen LogP contribution in [0.15, 0.2) is 28.8 Å². The Balaban J connectivity index is 1.66. The largest absolute Gasteiger partial charge is 0.412 e. The highest BCUT2D eigenvalue weighted by Gasteiger charge is 2.39. The van der Waals surface area contributed by atoms with Gasteiger partial charge in [-0.05, 0) is 30.7 Å². The van der Waals surface area contributed by atoms with Crippen molar-refractivity contribution < 1.29 is 21.6 Å². The van der Waals surface area contributed by atoms with E-state index in [4.69, 9.17) is 11.6 Å². The van der Waals surface area contributed by atoms with Crippen LogP contribution in [0.4, 0.5) is 13.2 Å². The number of allylic oxidation sites excluding steroid dienone is 1. The maximum Gasteiger partial charge on any atom is 0.412 e. The molecule has 1 atom stereocenters. The highest BCUT2D eigenvalue weighted by atomic mass is 35.5. The van der Waals surface area contributed by atoms with E-state index in [1.54, 1.807) is 12.3 Å². The lowest BCUT2D eigenvalue weighted by molar-refractivity contribution is -0.0949. The molecule has 2 aliphatic heterocycles. The van der Waals surface area contributed by atoms with E-state index in [0.717, 1.165) is 20.7 Å². The van der Waals surface area contributed by atoms with E-state index in [-0.39, 0.29) is 19.3 Å². The van der Waals surface area contributed by atoms with Crippen LogP contribution in [0.25, 0.3) is 11.1 Å². The van der Waals surface area contributed by atoms with Crippen molar-refractivity contribution >= 4 is 55.8 Å². The summed E-state index contributed by atoms with van der Waals surface area (Å²) in [6.07, 6.45) is -1.93. The van der Waals surface area contributed by atoms with E-state index in [1.165, 1.54) is 28.2 Å². The van der Waals surface area contributed by atoms with Crippen LogP contribution >= 0.6 is 34.7 Å². The summed E-state index contributed by atoms with van der Waals surface area (Å²) in [5.74, 6) is 0. The Hall–Kier alpha value is -1.14. The van der Waals surface area contributed by atoms with Gasteiger partial charge in [-0.25, -0.2) is 13.5 Å². The van der Waals surface area contributed by atoms with Gasteiger partial charge in [0, 0.05) is 21.5 Å². The van der Waals surface area contributed by atoms with Gasteiger partial charge >= 0.3 is 6.18 Å². The molecule has 12 heteroatoms. The highest BCUT2D eigenvalue weighted by Crippen LogP contribution is 2.36. The number of rotatable bonds is 3. The summed E-state index contributed by atoms with van der Waals surface area (Å²) in [6.45, 7) is 0. The van der Waals surface area contributed by atoms with Crippen molar-refractivity contribution in [3.63, 3.8) is 0 Å². The van der Waals surface area contributed by atoms with E-state index in [0.29, 0.717) is 10.0 Å². The number of fused-ring (bicyclic) bond motifs is 2. The Kier molecular flexibility index (Phi) is 4.78. The third-order valence-corrected chi connectivity index (χ3v) is 8.25. The van der Waals surface area contributed by atoms with Crippen molar-refractivity contribution in [1.29, 1.82) is 0 Å². The molecule has 1 unspecified atom stereocenters. The van der Waals surface area contributed by atoms with Gasteiger partial charge in [0.2, 0.25) is 10.0 Å². The Labute approximate surface area is 166 Å². The zero-order valence-corrected chi connectivity index (χ0v) is 16.7. The van der Waals surface area contributed by atoms with E-state index >= 15 is 0 Å². The van der Waals surface area contributed by atoms with Crippen molar-refractivity contribution in [3.05, 3.63) is 42.9 Å².